The minimum Gasteiger partial charge on any atom is -0.311 e. The van der Waals surface area contributed by atoms with Gasteiger partial charge in [0.2, 0.25) is 0 Å². The van der Waals surface area contributed by atoms with Crippen molar-refractivity contribution in [3.8, 4) is 0 Å². The summed E-state index contributed by atoms with van der Waals surface area (Å²) in [6.07, 6.45) is 7.09. The fraction of sp³-hybridized carbons (Fsp3) is 1.00. The molecule has 2 unspecified atom stereocenters. The maximum atomic E-state index is 3.70. The van der Waals surface area contributed by atoms with Crippen LogP contribution < -0.4 is 5.32 Å². The largest absolute Gasteiger partial charge is 0.311 e. The van der Waals surface area contributed by atoms with Gasteiger partial charge in [-0.1, -0.05) is 33.6 Å². The normalized spacial score (nSPS) is 30.9. The van der Waals surface area contributed by atoms with Crippen LogP contribution in [0.4, 0.5) is 0 Å². The van der Waals surface area contributed by atoms with E-state index in [2.05, 4.69) is 31.0 Å². The molecule has 1 aliphatic carbocycles. The van der Waals surface area contributed by atoms with Crippen molar-refractivity contribution >= 4 is 0 Å². The Balaban J connectivity index is 1.84. The third-order valence-corrected chi connectivity index (χ3v) is 5.34. The van der Waals surface area contributed by atoms with E-state index >= 15 is 0 Å². The molecule has 0 radical (unpaired) electrons. The van der Waals surface area contributed by atoms with Gasteiger partial charge in [0.15, 0.2) is 0 Å². The van der Waals surface area contributed by atoms with Gasteiger partial charge in [-0.2, -0.15) is 0 Å². The Hall–Kier alpha value is -0.0800. The standard InChI is InChI=1S/C15H30N2/c1-4-13(3)14-11-17(10-9-16-14)12-15(5-2)7-6-8-15/h13-14,16H,4-12H2,1-3H3. The van der Waals surface area contributed by atoms with Crippen molar-refractivity contribution in [3.63, 3.8) is 0 Å². The van der Waals surface area contributed by atoms with Gasteiger partial charge in [-0.3, -0.25) is 4.90 Å². The molecule has 1 heterocycles. The van der Waals surface area contributed by atoms with E-state index in [1.165, 1.54) is 58.3 Å². The molecule has 2 rings (SSSR count). The first-order chi connectivity index (χ1) is 8.19. The monoisotopic (exact) mass is 238 g/mol. The van der Waals surface area contributed by atoms with Crippen molar-refractivity contribution in [2.75, 3.05) is 26.2 Å². The average Bonchev–Trinajstić information content (AvgIpc) is 2.33. The van der Waals surface area contributed by atoms with Crippen LogP contribution in [0.25, 0.3) is 0 Å². The summed E-state index contributed by atoms with van der Waals surface area (Å²) in [5.41, 5.74) is 0.692. The predicted octanol–water partition coefficient (Wildman–Crippen LogP) is 2.89. The maximum absolute atomic E-state index is 3.70. The van der Waals surface area contributed by atoms with Crippen molar-refractivity contribution in [3.05, 3.63) is 0 Å². The zero-order valence-electron chi connectivity index (χ0n) is 12.0. The van der Waals surface area contributed by atoms with Gasteiger partial charge in [-0.15, -0.1) is 0 Å². The highest BCUT2D eigenvalue weighted by Gasteiger charge is 2.37. The average molecular weight is 238 g/mol. The van der Waals surface area contributed by atoms with Crippen molar-refractivity contribution in [1.82, 2.24) is 10.2 Å². The van der Waals surface area contributed by atoms with Crippen LogP contribution >= 0.6 is 0 Å². The Labute approximate surface area is 107 Å². The van der Waals surface area contributed by atoms with Crippen LogP contribution in [0.3, 0.4) is 0 Å². The van der Waals surface area contributed by atoms with Gasteiger partial charge in [0.1, 0.15) is 0 Å². The van der Waals surface area contributed by atoms with Crippen molar-refractivity contribution in [1.29, 1.82) is 0 Å². The molecule has 1 saturated heterocycles. The summed E-state index contributed by atoms with van der Waals surface area (Å²) in [6, 6.07) is 0.725. The third-order valence-electron chi connectivity index (χ3n) is 5.34. The highest BCUT2D eigenvalue weighted by Crippen LogP contribution is 2.44. The molecule has 1 aliphatic heterocycles. The molecule has 2 aliphatic rings. The van der Waals surface area contributed by atoms with Crippen LogP contribution in [0.15, 0.2) is 0 Å². The summed E-state index contributed by atoms with van der Waals surface area (Å²) in [6.45, 7) is 12.2. The molecule has 17 heavy (non-hydrogen) atoms. The molecular weight excluding hydrogens is 208 g/mol. The molecule has 0 aromatic carbocycles. The van der Waals surface area contributed by atoms with Gasteiger partial charge >= 0.3 is 0 Å². The van der Waals surface area contributed by atoms with Gasteiger partial charge in [0.05, 0.1) is 0 Å². The Kier molecular flexibility index (Phi) is 4.48. The van der Waals surface area contributed by atoms with Gasteiger partial charge in [-0.25, -0.2) is 0 Å². The highest BCUT2D eigenvalue weighted by atomic mass is 15.2. The van der Waals surface area contributed by atoms with E-state index in [0.717, 1.165) is 12.0 Å². The Morgan fingerprint density at radius 1 is 1.35 bits per heavy atom. The van der Waals surface area contributed by atoms with E-state index in [0.29, 0.717) is 5.41 Å². The van der Waals surface area contributed by atoms with E-state index in [-0.39, 0.29) is 0 Å². The number of nitrogens with zero attached hydrogens (tertiary/aromatic N) is 1. The lowest BCUT2D eigenvalue weighted by Gasteiger charge is -2.47. The molecule has 2 heteroatoms. The van der Waals surface area contributed by atoms with Crippen LogP contribution in [0.1, 0.15) is 52.9 Å². The first-order valence-corrected chi connectivity index (χ1v) is 7.65. The number of nitrogens with one attached hydrogen (secondary N) is 1. The minimum absolute atomic E-state index is 0.692. The van der Waals surface area contributed by atoms with Crippen LogP contribution in [0.2, 0.25) is 0 Å². The second kappa shape index (κ2) is 5.71. The maximum Gasteiger partial charge on any atom is 0.0221 e. The topological polar surface area (TPSA) is 15.3 Å². The lowest BCUT2D eigenvalue weighted by Crippen LogP contribution is -2.56. The molecule has 0 spiro atoms. The molecule has 0 aromatic rings. The van der Waals surface area contributed by atoms with Crippen LogP contribution in [-0.4, -0.2) is 37.1 Å². The van der Waals surface area contributed by atoms with Crippen molar-refractivity contribution in [2.24, 2.45) is 11.3 Å². The quantitative estimate of drug-likeness (QED) is 0.792. The third kappa shape index (κ3) is 3.03. The number of hydrogen-bond acceptors (Lipinski definition) is 2. The first-order valence-electron chi connectivity index (χ1n) is 7.65. The Morgan fingerprint density at radius 3 is 2.65 bits per heavy atom. The van der Waals surface area contributed by atoms with E-state index in [1.54, 1.807) is 0 Å². The molecule has 0 amide bonds. The SMILES string of the molecule is CCC(C)C1CN(CC2(CC)CCC2)CCN1. The molecule has 100 valence electrons. The van der Waals surface area contributed by atoms with Crippen molar-refractivity contribution < 1.29 is 0 Å². The fourth-order valence-corrected chi connectivity index (χ4v) is 3.43. The molecule has 1 saturated carbocycles. The fourth-order valence-electron chi connectivity index (χ4n) is 3.43. The molecular formula is C15H30N2. The van der Waals surface area contributed by atoms with Crippen LogP contribution in [0.5, 0.6) is 0 Å². The van der Waals surface area contributed by atoms with E-state index < -0.39 is 0 Å². The minimum atomic E-state index is 0.692. The van der Waals surface area contributed by atoms with E-state index in [4.69, 9.17) is 0 Å². The number of hydrogen-bond donors (Lipinski definition) is 1. The summed E-state index contributed by atoms with van der Waals surface area (Å²) in [5.74, 6) is 0.816. The molecule has 2 fully saturated rings. The Bertz CT molecular complexity index is 230. The Morgan fingerprint density at radius 2 is 2.12 bits per heavy atom. The highest BCUT2D eigenvalue weighted by molar-refractivity contribution is 4.92. The van der Waals surface area contributed by atoms with Gasteiger partial charge < -0.3 is 5.32 Å². The summed E-state index contributed by atoms with van der Waals surface area (Å²) < 4.78 is 0. The summed E-state index contributed by atoms with van der Waals surface area (Å²) in [4.78, 5) is 2.73. The van der Waals surface area contributed by atoms with Crippen molar-refractivity contribution in [2.45, 2.75) is 58.9 Å². The van der Waals surface area contributed by atoms with Crippen LogP contribution in [-0.2, 0) is 0 Å². The lowest BCUT2D eigenvalue weighted by molar-refractivity contribution is 0.0426. The summed E-state index contributed by atoms with van der Waals surface area (Å²) in [5, 5.41) is 3.70. The summed E-state index contributed by atoms with van der Waals surface area (Å²) >= 11 is 0. The zero-order chi connectivity index (χ0) is 12.3. The first kappa shape index (κ1) is 13.4. The smallest absolute Gasteiger partial charge is 0.0221 e. The molecule has 1 N–H and O–H groups in total. The second-order valence-corrected chi connectivity index (χ2v) is 6.39. The van der Waals surface area contributed by atoms with E-state index in [9.17, 15) is 0 Å². The number of rotatable bonds is 5. The predicted molar refractivity (Wildman–Crippen MR) is 74.3 cm³/mol. The molecule has 2 nitrogen and oxygen atoms in total. The van der Waals surface area contributed by atoms with Crippen LogP contribution in [0, 0.1) is 11.3 Å². The molecule has 2 atom stereocenters. The lowest BCUT2D eigenvalue weighted by atomic mass is 9.66. The number of piperazine rings is 1. The van der Waals surface area contributed by atoms with Gasteiger partial charge in [0.25, 0.3) is 0 Å². The zero-order valence-corrected chi connectivity index (χ0v) is 12.0. The second-order valence-electron chi connectivity index (χ2n) is 6.39. The molecule has 0 aromatic heterocycles. The van der Waals surface area contributed by atoms with Gasteiger partial charge in [0, 0.05) is 32.2 Å². The molecule has 0 bridgehead atoms. The van der Waals surface area contributed by atoms with Gasteiger partial charge in [-0.05, 0) is 30.6 Å². The summed E-state index contributed by atoms with van der Waals surface area (Å²) in [7, 11) is 0. The van der Waals surface area contributed by atoms with E-state index in [1.807, 2.05) is 0 Å².